The largest absolute Gasteiger partial charge is 0.494 e. The van der Waals surface area contributed by atoms with Crippen molar-refractivity contribution in [2.75, 3.05) is 7.11 Å². The lowest BCUT2D eigenvalue weighted by Crippen LogP contribution is -2.01. The van der Waals surface area contributed by atoms with E-state index in [1.807, 2.05) is 0 Å². The summed E-state index contributed by atoms with van der Waals surface area (Å²) in [6.45, 7) is 1.25. The van der Waals surface area contributed by atoms with Gasteiger partial charge in [0, 0.05) is 13.0 Å². The van der Waals surface area contributed by atoms with E-state index in [0.717, 1.165) is 6.07 Å². The molecule has 1 rings (SSSR count). The Morgan fingerprint density at radius 3 is 2.62 bits per heavy atom. The Hall–Kier alpha value is -1.58. The molecule has 0 saturated carbocycles. The summed E-state index contributed by atoms with van der Waals surface area (Å²) in [5, 5.41) is 0. The van der Waals surface area contributed by atoms with Crippen LogP contribution in [0.25, 0.3) is 0 Å². The van der Waals surface area contributed by atoms with Gasteiger partial charge in [-0.15, -0.1) is 0 Å². The van der Waals surface area contributed by atoms with E-state index < -0.39 is 11.8 Å². The maximum absolute atomic E-state index is 13.0. The minimum absolute atomic E-state index is 0.121. The maximum Gasteiger partial charge on any atom is 0.308 e. The first-order valence-electron chi connectivity index (χ1n) is 3.65. The molecule has 4 heteroatoms. The van der Waals surface area contributed by atoms with Crippen molar-refractivity contribution in [2.45, 2.75) is 6.92 Å². The number of carbonyl (C=O) groups excluding carboxylic acids is 1. The van der Waals surface area contributed by atoms with E-state index in [9.17, 15) is 9.18 Å². The van der Waals surface area contributed by atoms with Crippen molar-refractivity contribution in [1.29, 1.82) is 0 Å². The SMILES string of the molecule is COc1ccc(OC(C)=O)cc1F. The summed E-state index contributed by atoms with van der Waals surface area (Å²) in [6.07, 6.45) is 0. The summed E-state index contributed by atoms with van der Waals surface area (Å²) in [5.41, 5.74) is 0. The third kappa shape index (κ3) is 2.43. The molecule has 0 aliphatic heterocycles. The normalized spacial score (nSPS) is 9.46. The number of hydrogen-bond acceptors (Lipinski definition) is 3. The van der Waals surface area contributed by atoms with Gasteiger partial charge in [0.1, 0.15) is 5.75 Å². The van der Waals surface area contributed by atoms with Crippen molar-refractivity contribution in [3.63, 3.8) is 0 Å². The predicted molar refractivity (Wildman–Crippen MR) is 44.3 cm³/mol. The lowest BCUT2D eigenvalue weighted by atomic mass is 10.3. The molecule has 0 heterocycles. The molecule has 0 amide bonds. The molecule has 1 aromatic carbocycles. The van der Waals surface area contributed by atoms with Crippen molar-refractivity contribution in [1.82, 2.24) is 0 Å². The fourth-order valence-electron chi connectivity index (χ4n) is 0.877. The van der Waals surface area contributed by atoms with Crippen LogP contribution in [0.1, 0.15) is 6.92 Å². The molecule has 1 aromatic rings. The van der Waals surface area contributed by atoms with Gasteiger partial charge in [-0.3, -0.25) is 4.79 Å². The number of carbonyl (C=O) groups is 1. The Morgan fingerprint density at radius 1 is 1.46 bits per heavy atom. The summed E-state index contributed by atoms with van der Waals surface area (Å²) in [5.74, 6) is -0.743. The topological polar surface area (TPSA) is 35.5 Å². The smallest absolute Gasteiger partial charge is 0.308 e. The molecule has 0 bridgehead atoms. The van der Waals surface area contributed by atoms with Gasteiger partial charge in [-0.25, -0.2) is 4.39 Å². The number of rotatable bonds is 2. The zero-order valence-corrected chi connectivity index (χ0v) is 7.33. The molecule has 0 unspecified atom stereocenters. The van der Waals surface area contributed by atoms with Gasteiger partial charge in [0.25, 0.3) is 0 Å². The molecule has 0 aliphatic carbocycles. The molecule has 70 valence electrons. The van der Waals surface area contributed by atoms with Gasteiger partial charge >= 0.3 is 5.97 Å². The molecule has 0 atom stereocenters. The average Bonchev–Trinajstić information content (AvgIpc) is 2.03. The summed E-state index contributed by atoms with van der Waals surface area (Å²) in [7, 11) is 1.36. The second kappa shape index (κ2) is 3.89. The molecule has 0 N–H and O–H groups in total. The standard InChI is InChI=1S/C9H9FO3/c1-6(11)13-7-3-4-9(12-2)8(10)5-7/h3-5H,1-2H3. The van der Waals surface area contributed by atoms with Crippen LogP contribution in [0.15, 0.2) is 18.2 Å². The molecule has 0 spiro atoms. The molecular weight excluding hydrogens is 175 g/mol. The van der Waals surface area contributed by atoms with Crippen LogP contribution in [-0.4, -0.2) is 13.1 Å². The third-order valence-electron chi connectivity index (χ3n) is 1.38. The minimum atomic E-state index is -0.554. The Balaban J connectivity index is 2.89. The third-order valence-corrected chi connectivity index (χ3v) is 1.38. The molecule has 0 aromatic heterocycles. The second-order valence-electron chi connectivity index (χ2n) is 2.39. The number of esters is 1. The van der Waals surface area contributed by atoms with Gasteiger partial charge in [-0.2, -0.15) is 0 Å². The number of ether oxygens (including phenoxy) is 2. The van der Waals surface area contributed by atoms with E-state index in [2.05, 4.69) is 9.47 Å². The fourth-order valence-corrected chi connectivity index (χ4v) is 0.877. The molecule has 0 aliphatic rings. The molecule has 0 saturated heterocycles. The predicted octanol–water partition coefficient (Wildman–Crippen LogP) is 1.76. The summed E-state index contributed by atoms with van der Waals surface area (Å²) in [6, 6.07) is 3.96. The van der Waals surface area contributed by atoms with Crippen LogP contribution < -0.4 is 9.47 Å². The van der Waals surface area contributed by atoms with Gasteiger partial charge in [0.05, 0.1) is 7.11 Å². The highest BCUT2D eigenvalue weighted by molar-refractivity contribution is 5.69. The molecule has 0 fully saturated rings. The number of methoxy groups -OCH3 is 1. The summed E-state index contributed by atoms with van der Waals surface area (Å²) in [4.78, 5) is 10.5. The van der Waals surface area contributed by atoms with E-state index in [-0.39, 0.29) is 11.5 Å². The quantitative estimate of drug-likeness (QED) is 0.519. The zero-order valence-electron chi connectivity index (χ0n) is 7.33. The van der Waals surface area contributed by atoms with Crippen molar-refractivity contribution in [3.8, 4) is 11.5 Å². The fraction of sp³-hybridized carbons (Fsp3) is 0.222. The lowest BCUT2D eigenvalue weighted by molar-refractivity contribution is -0.131. The van der Waals surface area contributed by atoms with E-state index >= 15 is 0 Å². The van der Waals surface area contributed by atoms with Gasteiger partial charge in [0.2, 0.25) is 0 Å². The minimum Gasteiger partial charge on any atom is -0.494 e. The highest BCUT2D eigenvalue weighted by Gasteiger charge is 2.05. The van der Waals surface area contributed by atoms with E-state index in [4.69, 9.17) is 0 Å². The van der Waals surface area contributed by atoms with Crippen molar-refractivity contribution < 1.29 is 18.7 Å². The van der Waals surface area contributed by atoms with E-state index in [0.29, 0.717) is 0 Å². The summed E-state index contributed by atoms with van der Waals surface area (Å²) >= 11 is 0. The lowest BCUT2D eigenvalue weighted by Gasteiger charge is -2.04. The van der Waals surface area contributed by atoms with E-state index in [1.54, 1.807) is 0 Å². The monoisotopic (exact) mass is 184 g/mol. The first kappa shape index (κ1) is 9.51. The van der Waals surface area contributed by atoms with Gasteiger partial charge < -0.3 is 9.47 Å². The van der Waals surface area contributed by atoms with Crippen LogP contribution in [0.2, 0.25) is 0 Å². The zero-order chi connectivity index (χ0) is 9.84. The summed E-state index contributed by atoms with van der Waals surface area (Å²) < 4.78 is 22.3. The van der Waals surface area contributed by atoms with Crippen LogP contribution in [0, 0.1) is 5.82 Å². The highest BCUT2D eigenvalue weighted by atomic mass is 19.1. The Kier molecular flexibility index (Phi) is 2.84. The Bertz CT molecular complexity index is 323. The van der Waals surface area contributed by atoms with Crippen LogP contribution in [-0.2, 0) is 4.79 Å². The second-order valence-corrected chi connectivity index (χ2v) is 2.39. The van der Waals surface area contributed by atoms with Gasteiger partial charge in [-0.1, -0.05) is 0 Å². The molecular formula is C9H9FO3. The van der Waals surface area contributed by atoms with Crippen LogP contribution in [0.3, 0.4) is 0 Å². The Labute approximate surface area is 75.1 Å². The van der Waals surface area contributed by atoms with Crippen LogP contribution >= 0.6 is 0 Å². The van der Waals surface area contributed by atoms with Crippen molar-refractivity contribution >= 4 is 5.97 Å². The average molecular weight is 184 g/mol. The van der Waals surface area contributed by atoms with Crippen molar-refractivity contribution in [3.05, 3.63) is 24.0 Å². The van der Waals surface area contributed by atoms with Crippen LogP contribution in [0.4, 0.5) is 4.39 Å². The number of benzene rings is 1. The van der Waals surface area contributed by atoms with E-state index in [1.165, 1.54) is 26.2 Å². The van der Waals surface area contributed by atoms with Crippen LogP contribution in [0.5, 0.6) is 11.5 Å². The highest BCUT2D eigenvalue weighted by Crippen LogP contribution is 2.21. The number of halogens is 1. The first-order chi connectivity index (χ1) is 6.13. The maximum atomic E-state index is 13.0. The first-order valence-corrected chi connectivity index (χ1v) is 3.65. The number of hydrogen-bond donors (Lipinski definition) is 0. The van der Waals surface area contributed by atoms with Crippen molar-refractivity contribution in [2.24, 2.45) is 0 Å². The molecule has 3 nitrogen and oxygen atoms in total. The molecule has 0 radical (unpaired) electrons. The van der Waals surface area contributed by atoms with Gasteiger partial charge in [0.15, 0.2) is 11.6 Å². The Morgan fingerprint density at radius 2 is 2.15 bits per heavy atom. The molecule has 13 heavy (non-hydrogen) atoms. The van der Waals surface area contributed by atoms with Gasteiger partial charge in [-0.05, 0) is 12.1 Å².